The number of carbonyl (C=O) groups is 1. The second kappa shape index (κ2) is 3.35. The molecule has 1 aromatic heterocycles. The van der Waals surface area contributed by atoms with Crippen LogP contribution >= 0.6 is 0 Å². The van der Waals surface area contributed by atoms with E-state index in [9.17, 15) is 4.79 Å². The number of primary amides is 1. The fraction of sp³-hybridized carbons (Fsp3) is 0.167. The minimum atomic E-state index is -0.406. The van der Waals surface area contributed by atoms with Crippen LogP contribution in [0.1, 0.15) is 21.6 Å². The van der Waals surface area contributed by atoms with Crippen LogP contribution in [-0.4, -0.2) is 10.9 Å². The first-order chi connectivity index (χ1) is 7.08. The van der Waals surface area contributed by atoms with Gasteiger partial charge in [0.25, 0.3) is 0 Å². The van der Waals surface area contributed by atoms with E-state index in [4.69, 9.17) is 5.73 Å². The number of hydrogen-bond donors (Lipinski definition) is 1. The summed E-state index contributed by atoms with van der Waals surface area (Å²) in [5, 5.41) is 0.827. The lowest BCUT2D eigenvalue weighted by molar-refractivity contribution is 0.100. The van der Waals surface area contributed by atoms with Crippen molar-refractivity contribution >= 4 is 16.8 Å². The lowest BCUT2D eigenvalue weighted by atomic mass is 10.1. The van der Waals surface area contributed by atoms with Crippen LogP contribution in [-0.2, 0) is 0 Å². The molecule has 0 aliphatic rings. The van der Waals surface area contributed by atoms with Gasteiger partial charge in [-0.2, -0.15) is 0 Å². The van der Waals surface area contributed by atoms with Gasteiger partial charge >= 0.3 is 0 Å². The zero-order valence-corrected chi connectivity index (χ0v) is 8.74. The van der Waals surface area contributed by atoms with Gasteiger partial charge in [-0.25, -0.2) is 0 Å². The Hall–Kier alpha value is -1.90. The van der Waals surface area contributed by atoms with Gasteiger partial charge in [0.1, 0.15) is 0 Å². The zero-order chi connectivity index (χ0) is 11.0. The first-order valence-electron chi connectivity index (χ1n) is 4.76. The molecule has 0 saturated heterocycles. The monoisotopic (exact) mass is 200 g/mol. The number of pyridine rings is 1. The molecule has 3 nitrogen and oxygen atoms in total. The van der Waals surface area contributed by atoms with E-state index in [2.05, 4.69) is 4.98 Å². The third-order valence-corrected chi connectivity index (χ3v) is 2.36. The molecule has 1 heterocycles. The van der Waals surface area contributed by atoms with Crippen LogP contribution in [0.4, 0.5) is 0 Å². The van der Waals surface area contributed by atoms with Gasteiger partial charge in [-0.15, -0.1) is 0 Å². The number of amides is 1. The smallest absolute Gasteiger partial charge is 0.249 e. The highest BCUT2D eigenvalue weighted by molar-refractivity contribution is 6.05. The van der Waals surface area contributed by atoms with Crippen molar-refractivity contribution in [3.05, 3.63) is 41.1 Å². The maximum absolute atomic E-state index is 11.3. The van der Waals surface area contributed by atoms with Gasteiger partial charge in [0.15, 0.2) is 0 Å². The highest BCUT2D eigenvalue weighted by Gasteiger charge is 2.08. The fourth-order valence-corrected chi connectivity index (χ4v) is 1.68. The molecule has 0 saturated carbocycles. The van der Waals surface area contributed by atoms with E-state index in [0.717, 1.165) is 22.2 Å². The molecule has 15 heavy (non-hydrogen) atoms. The summed E-state index contributed by atoms with van der Waals surface area (Å²) in [6, 6.07) is 7.54. The van der Waals surface area contributed by atoms with E-state index < -0.39 is 5.91 Å². The SMILES string of the molecule is Cc1ccc2nc(C)cc(C(N)=O)c2c1. The van der Waals surface area contributed by atoms with Crippen LogP contribution in [0.2, 0.25) is 0 Å². The Bertz CT molecular complexity index is 547. The average molecular weight is 200 g/mol. The third-order valence-electron chi connectivity index (χ3n) is 2.36. The van der Waals surface area contributed by atoms with Gasteiger partial charge in [-0.05, 0) is 32.0 Å². The fourth-order valence-electron chi connectivity index (χ4n) is 1.68. The van der Waals surface area contributed by atoms with E-state index in [1.54, 1.807) is 6.07 Å². The Kier molecular flexibility index (Phi) is 2.15. The number of aryl methyl sites for hydroxylation is 2. The Labute approximate surface area is 87.9 Å². The van der Waals surface area contributed by atoms with Crippen LogP contribution in [0.25, 0.3) is 10.9 Å². The number of nitrogens with zero attached hydrogens (tertiary/aromatic N) is 1. The van der Waals surface area contributed by atoms with E-state index in [1.807, 2.05) is 32.0 Å². The molecule has 0 fully saturated rings. The summed E-state index contributed by atoms with van der Waals surface area (Å²) < 4.78 is 0. The molecule has 1 aromatic carbocycles. The third kappa shape index (κ3) is 1.68. The van der Waals surface area contributed by atoms with Crippen molar-refractivity contribution in [1.82, 2.24) is 4.98 Å². The Balaban J connectivity index is 2.87. The van der Waals surface area contributed by atoms with Crippen molar-refractivity contribution in [3.63, 3.8) is 0 Å². The number of fused-ring (bicyclic) bond motifs is 1. The molecule has 76 valence electrons. The first-order valence-corrected chi connectivity index (χ1v) is 4.76. The lowest BCUT2D eigenvalue weighted by Gasteiger charge is -2.05. The number of rotatable bonds is 1. The van der Waals surface area contributed by atoms with Gasteiger partial charge in [0, 0.05) is 11.1 Å². The molecule has 0 aliphatic heterocycles. The van der Waals surface area contributed by atoms with Crippen LogP contribution in [0.15, 0.2) is 24.3 Å². The Morgan fingerprint density at radius 3 is 2.67 bits per heavy atom. The zero-order valence-electron chi connectivity index (χ0n) is 8.74. The minimum absolute atomic E-state index is 0.406. The van der Waals surface area contributed by atoms with Crippen LogP contribution in [0.3, 0.4) is 0 Å². The molecule has 0 unspecified atom stereocenters. The van der Waals surface area contributed by atoms with E-state index >= 15 is 0 Å². The van der Waals surface area contributed by atoms with Gasteiger partial charge in [-0.1, -0.05) is 11.6 Å². The highest BCUT2D eigenvalue weighted by Crippen LogP contribution is 2.19. The Morgan fingerprint density at radius 2 is 2.00 bits per heavy atom. The molecule has 2 N–H and O–H groups in total. The number of benzene rings is 1. The van der Waals surface area contributed by atoms with Crippen LogP contribution in [0, 0.1) is 13.8 Å². The topological polar surface area (TPSA) is 56.0 Å². The number of carbonyl (C=O) groups excluding carboxylic acids is 1. The van der Waals surface area contributed by atoms with Gasteiger partial charge in [0.2, 0.25) is 5.91 Å². The van der Waals surface area contributed by atoms with E-state index in [1.165, 1.54) is 0 Å². The van der Waals surface area contributed by atoms with Crippen molar-refractivity contribution in [2.75, 3.05) is 0 Å². The Morgan fingerprint density at radius 1 is 1.27 bits per heavy atom. The number of aromatic nitrogens is 1. The van der Waals surface area contributed by atoms with Crippen molar-refractivity contribution in [2.45, 2.75) is 13.8 Å². The lowest BCUT2D eigenvalue weighted by Crippen LogP contribution is -2.12. The van der Waals surface area contributed by atoms with Gasteiger partial charge in [-0.3, -0.25) is 9.78 Å². The number of hydrogen-bond acceptors (Lipinski definition) is 2. The second-order valence-electron chi connectivity index (χ2n) is 3.70. The summed E-state index contributed by atoms with van der Waals surface area (Å²) in [5.74, 6) is -0.406. The van der Waals surface area contributed by atoms with Crippen molar-refractivity contribution in [2.24, 2.45) is 5.73 Å². The molecule has 0 bridgehead atoms. The van der Waals surface area contributed by atoms with Crippen molar-refractivity contribution in [1.29, 1.82) is 0 Å². The second-order valence-corrected chi connectivity index (χ2v) is 3.70. The van der Waals surface area contributed by atoms with E-state index in [0.29, 0.717) is 5.56 Å². The minimum Gasteiger partial charge on any atom is -0.366 e. The summed E-state index contributed by atoms with van der Waals surface area (Å²) in [6.45, 7) is 3.83. The van der Waals surface area contributed by atoms with Crippen molar-refractivity contribution in [3.8, 4) is 0 Å². The normalized spacial score (nSPS) is 10.5. The standard InChI is InChI=1S/C12H12N2O/c1-7-3-4-11-9(5-7)10(12(13)15)6-8(2)14-11/h3-6H,1-2H3,(H2,13,15). The van der Waals surface area contributed by atoms with Crippen LogP contribution < -0.4 is 5.73 Å². The highest BCUT2D eigenvalue weighted by atomic mass is 16.1. The molecule has 2 aromatic rings. The quantitative estimate of drug-likeness (QED) is 0.764. The molecule has 0 atom stereocenters. The molecule has 1 amide bonds. The summed E-state index contributed by atoms with van der Waals surface area (Å²) in [5.41, 5.74) is 8.59. The first kappa shape index (κ1) is 9.65. The maximum Gasteiger partial charge on any atom is 0.249 e. The maximum atomic E-state index is 11.3. The molecule has 0 spiro atoms. The van der Waals surface area contributed by atoms with Crippen LogP contribution in [0.5, 0.6) is 0 Å². The van der Waals surface area contributed by atoms with Crippen molar-refractivity contribution < 1.29 is 4.79 Å². The summed E-state index contributed by atoms with van der Waals surface area (Å²) in [6.07, 6.45) is 0. The summed E-state index contributed by atoms with van der Waals surface area (Å²) >= 11 is 0. The molecular formula is C12H12N2O. The number of nitrogens with two attached hydrogens (primary N) is 1. The summed E-state index contributed by atoms with van der Waals surface area (Å²) in [4.78, 5) is 15.6. The summed E-state index contributed by atoms with van der Waals surface area (Å²) in [7, 11) is 0. The van der Waals surface area contributed by atoms with Gasteiger partial charge < -0.3 is 5.73 Å². The molecule has 3 heteroatoms. The largest absolute Gasteiger partial charge is 0.366 e. The van der Waals surface area contributed by atoms with E-state index in [-0.39, 0.29) is 0 Å². The molecule has 0 aliphatic carbocycles. The molecule has 0 radical (unpaired) electrons. The molecular weight excluding hydrogens is 188 g/mol. The predicted octanol–water partition coefficient (Wildman–Crippen LogP) is 1.95. The average Bonchev–Trinajstić information content (AvgIpc) is 2.17. The predicted molar refractivity (Wildman–Crippen MR) is 59.7 cm³/mol. The van der Waals surface area contributed by atoms with Gasteiger partial charge in [0.05, 0.1) is 11.1 Å². The molecule has 2 rings (SSSR count).